The standard InChI is InChI=1S/C18H23ClN2O3/c1-2-24-16-7-6-14(12-15(16)19)18(23)21-9-3-8-20(10-11-21)17(22)13-4-5-13/h6-7,12-13H,2-5,8-11H2,1H3. The highest BCUT2D eigenvalue weighted by atomic mass is 35.5. The van der Waals surface area contributed by atoms with Crippen molar-refractivity contribution in [2.45, 2.75) is 26.2 Å². The quantitative estimate of drug-likeness (QED) is 0.839. The molecule has 0 spiro atoms. The zero-order chi connectivity index (χ0) is 17.1. The second-order valence-electron chi connectivity index (χ2n) is 6.32. The summed E-state index contributed by atoms with van der Waals surface area (Å²) in [6.45, 7) is 5.01. The summed E-state index contributed by atoms with van der Waals surface area (Å²) in [5, 5.41) is 0.447. The van der Waals surface area contributed by atoms with Crippen LogP contribution in [0.15, 0.2) is 18.2 Å². The highest BCUT2D eigenvalue weighted by molar-refractivity contribution is 6.32. The number of hydrogen-bond acceptors (Lipinski definition) is 3. The molecule has 0 atom stereocenters. The Bertz CT molecular complexity index is 631. The van der Waals surface area contributed by atoms with Gasteiger partial charge in [0.25, 0.3) is 5.91 Å². The average Bonchev–Trinajstić information content (AvgIpc) is 3.42. The Morgan fingerprint density at radius 3 is 2.54 bits per heavy atom. The Morgan fingerprint density at radius 2 is 1.88 bits per heavy atom. The summed E-state index contributed by atoms with van der Waals surface area (Å²) in [6, 6.07) is 5.14. The van der Waals surface area contributed by atoms with Crippen LogP contribution in [0.2, 0.25) is 5.02 Å². The fraction of sp³-hybridized carbons (Fsp3) is 0.556. The second kappa shape index (κ2) is 7.43. The second-order valence-corrected chi connectivity index (χ2v) is 6.73. The van der Waals surface area contributed by atoms with Crippen molar-refractivity contribution in [3.8, 4) is 5.75 Å². The van der Waals surface area contributed by atoms with Crippen LogP contribution in [-0.4, -0.2) is 54.4 Å². The van der Waals surface area contributed by atoms with Gasteiger partial charge in [0.15, 0.2) is 0 Å². The van der Waals surface area contributed by atoms with E-state index < -0.39 is 0 Å². The van der Waals surface area contributed by atoms with Crippen molar-refractivity contribution in [1.82, 2.24) is 9.80 Å². The van der Waals surface area contributed by atoms with Gasteiger partial charge in [-0.2, -0.15) is 0 Å². The third kappa shape index (κ3) is 3.83. The van der Waals surface area contributed by atoms with Gasteiger partial charge in [0, 0.05) is 37.7 Å². The van der Waals surface area contributed by atoms with Crippen molar-refractivity contribution in [1.29, 1.82) is 0 Å². The molecule has 1 heterocycles. The minimum Gasteiger partial charge on any atom is -0.492 e. The van der Waals surface area contributed by atoms with Gasteiger partial charge in [-0.3, -0.25) is 9.59 Å². The van der Waals surface area contributed by atoms with E-state index in [4.69, 9.17) is 16.3 Å². The highest BCUT2D eigenvalue weighted by Gasteiger charge is 2.34. The zero-order valence-corrected chi connectivity index (χ0v) is 14.7. The molecule has 1 saturated carbocycles. The first kappa shape index (κ1) is 17.1. The van der Waals surface area contributed by atoms with Crippen LogP contribution in [0.1, 0.15) is 36.5 Å². The van der Waals surface area contributed by atoms with E-state index in [0.717, 1.165) is 25.8 Å². The summed E-state index contributed by atoms with van der Waals surface area (Å²) in [5.74, 6) is 1.04. The SMILES string of the molecule is CCOc1ccc(C(=O)N2CCCN(C(=O)C3CC3)CC2)cc1Cl. The maximum atomic E-state index is 12.7. The van der Waals surface area contributed by atoms with Crippen LogP contribution in [0.3, 0.4) is 0 Å². The topological polar surface area (TPSA) is 49.9 Å². The van der Waals surface area contributed by atoms with E-state index in [9.17, 15) is 9.59 Å². The van der Waals surface area contributed by atoms with E-state index in [2.05, 4.69) is 0 Å². The first-order valence-electron chi connectivity index (χ1n) is 8.60. The Balaban J connectivity index is 1.64. The lowest BCUT2D eigenvalue weighted by Crippen LogP contribution is -2.38. The molecule has 2 fully saturated rings. The van der Waals surface area contributed by atoms with Gasteiger partial charge >= 0.3 is 0 Å². The molecule has 3 rings (SSSR count). The fourth-order valence-electron chi connectivity index (χ4n) is 3.02. The molecule has 0 radical (unpaired) electrons. The molecule has 1 aliphatic heterocycles. The number of rotatable bonds is 4. The maximum absolute atomic E-state index is 12.7. The summed E-state index contributed by atoms with van der Waals surface area (Å²) in [4.78, 5) is 28.6. The normalized spacial score (nSPS) is 18.2. The molecule has 0 bridgehead atoms. The van der Waals surface area contributed by atoms with Gasteiger partial charge in [0.1, 0.15) is 5.75 Å². The van der Waals surface area contributed by atoms with Crippen molar-refractivity contribution in [3.05, 3.63) is 28.8 Å². The van der Waals surface area contributed by atoms with Gasteiger partial charge in [-0.15, -0.1) is 0 Å². The minimum absolute atomic E-state index is 0.0410. The van der Waals surface area contributed by atoms with Crippen LogP contribution in [0.5, 0.6) is 5.75 Å². The molecule has 1 aromatic carbocycles. The van der Waals surface area contributed by atoms with E-state index in [-0.39, 0.29) is 17.7 Å². The summed E-state index contributed by atoms with van der Waals surface area (Å²) in [6.07, 6.45) is 2.85. The smallest absolute Gasteiger partial charge is 0.253 e. The Labute approximate surface area is 147 Å². The summed E-state index contributed by atoms with van der Waals surface area (Å²) in [7, 11) is 0. The van der Waals surface area contributed by atoms with Crippen molar-refractivity contribution < 1.29 is 14.3 Å². The van der Waals surface area contributed by atoms with E-state index in [1.54, 1.807) is 18.2 Å². The van der Waals surface area contributed by atoms with Gasteiger partial charge in [-0.1, -0.05) is 11.6 Å². The number of nitrogens with zero attached hydrogens (tertiary/aromatic N) is 2. The molecule has 0 aromatic heterocycles. The van der Waals surface area contributed by atoms with Crippen LogP contribution in [0.4, 0.5) is 0 Å². The molecule has 1 saturated heterocycles. The number of hydrogen-bond donors (Lipinski definition) is 0. The Morgan fingerprint density at radius 1 is 1.17 bits per heavy atom. The first-order chi connectivity index (χ1) is 11.6. The molecular formula is C18H23ClN2O3. The number of ether oxygens (including phenoxy) is 1. The number of carbonyl (C=O) groups excluding carboxylic acids is 2. The number of amides is 2. The molecule has 24 heavy (non-hydrogen) atoms. The molecule has 5 nitrogen and oxygen atoms in total. The van der Waals surface area contributed by atoms with Crippen LogP contribution in [0, 0.1) is 5.92 Å². The predicted molar refractivity (Wildman–Crippen MR) is 92.4 cm³/mol. The van der Waals surface area contributed by atoms with E-state index >= 15 is 0 Å². The summed E-state index contributed by atoms with van der Waals surface area (Å²) < 4.78 is 5.40. The molecular weight excluding hydrogens is 328 g/mol. The minimum atomic E-state index is -0.0410. The van der Waals surface area contributed by atoms with Crippen molar-refractivity contribution in [2.24, 2.45) is 5.92 Å². The van der Waals surface area contributed by atoms with Crippen LogP contribution < -0.4 is 4.74 Å². The van der Waals surface area contributed by atoms with Crippen LogP contribution >= 0.6 is 11.6 Å². The van der Waals surface area contributed by atoms with E-state index in [0.29, 0.717) is 42.6 Å². The number of benzene rings is 1. The largest absolute Gasteiger partial charge is 0.492 e. The highest BCUT2D eigenvalue weighted by Crippen LogP contribution is 2.31. The molecule has 1 aromatic rings. The summed E-state index contributed by atoms with van der Waals surface area (Å²) in [5.41, 5.74) is 0.561. The lowest BCUT2D eigenvalue weighted by Gasteiger charge is -2.22. The van der Waals surface area contributed by atoms with E-state index in [1.807, 2.05) is 16.7 Å². The van der Waals surface area contributed by atoms with Crippen LogP contribution in [0.25, 0.3) is 0 Å². The third-order valence-corrected chi connectivity index (χ3v) is 4.80. The lowest BCUT2D eigenvalue weighted by molar-refractivity contribution is -0.132. The molecule has 2 amide bonds. The molecule has 130 valence electrons. The lowest BCUT2D eigenvalue weighted by atomic mass is 10.2. The number of carbonyl (C=O) groups is 2. The van der Waals surface area contributed by atoms with Crippen molar-refractivity contribution >= 4 is 23.4 Å². The Hall–Kier alpha value is -1.75. The van der Waals surface area contributed by atoms with Crippen molar-refractivity contribution in [2.75, 3.05) is 32.8 Å². The zero-order valence-electron chi connectivity index (χ0n) is 14.0. The predicted octanol–water partition coefficient (Wildman–Crippen LogP) is 2.82. The summed E-state index contributed by atoms with van der Waals surface area (Å²) >= 11 is 6.18. The van der Waals surface area contributed by atoms with Gasteiger partial charge < -0.3 is 14.5 Å². The fourth-order valence-corrected chi connectivity index (χ4v) is 3.25. The van der Waals surface area contributed by atoms with Gasteiger partial charge in [0.2, 0.25) is 5.91 Å². The maximum Gasteiger partial charge on any atom is 0.253 e. The third-order valence-electron chi connectivity index (χ3n) is 4.50. The van der Waals surface area contributed by atoms with Gasteiger partial charge in [-0.25, -0.2) is 0 Å². The molecule has 6 heteroatoms. The molecule has 0 unspecified atom stereocenters. The molecule has 0 N–H and O–H groups in total. The Kier molecular flexibility index (Phi) is 5.29. The first-order valence-corrected chi connectivity index (χ1v) is 8.98. The number of halogens is 1. The average molecular weight is 351 g/mol. The van der Waals surface area contributed by atoms with E-state index in [1.165, 1.54) is 0 Å². The monoisotopic (exact) mass is 350 g/mol. The van der Waals surface area contributed by atoms with Crippen molar-refractivity contribution in [3.63, 3.8) is 0 Å². The van der Waals surface area contributed by atoms with Gasteiger partial charge in [0.05, 0.1) is 11.6 Å². The van der Waals surface area contributed by atoms with Crippen LogP contribution in [-0.2, 0) is 4.79 Å². The molecule has 1 aliphatic carbocycles. The molecule has 2 aliphatic rings. The van der Waals surface area contributed by atoms with Gasteiger partial charge in [-0.05, 0) is 44.4 Å².